The number of hydrogen-bond donors (Lipinski definition) is 1. The molecule has 7 heteroatoms. The predicted molar refractivity (Wildman–Crippen MR) is 87.4 cm³/mol. The Morgan fingerprint density at radius 2 is 2.00 bits per heavy atom. The summed E-state index contributed by atoms with van der Waals surface area (Å²) in [7, 11) is 0. The number of benzene rings is 1. The highest BCUT2D eigenvalue weighted by Gasteiger charge is 2.23. The number of aromatic nitrogens is 2. The van der Waals surface area contributed by atoms with E-state index in [1.165, 1.54) is 17.3 Å². The van der Waals surface area contributed by atoms with Crippen molar-refractivity contribution in [3.63, 3.8) is 0 Å². The zero-order valence-corrected chi connectivity index (χ0v) is 14.1. The van der Waals surface area contributed by atoms with E-state index in [0.717, 1.165) is 5.56 Å². The summed E-state index contributed by atoms with van der Waals surface area (Å²) in [6, 6.07) is 8.14. The van der Waals surface area contributed by atoms with Gasteiger partial charge in [-0.1, -0.05) is 44.7 Å². The smallest absolute Gasteiger partial charge is 0.407 e. The Morgan fingerprint density at radius 1 is 1.26 bits per heavy atom. The van der Waals surface area contributed by atoms with Crippen molar-refractivity contribution < 1.29 is 13.9 Å². The largest absolute Gasteiger partial charge is 0.443 e. The highest BCUT2D eigenvalue weighted by Crippen LogP contribution is 2.27. The monoisotopic (exact) mass is 333 g/mol. The van der Waals surface area contributed by atoms with Crippen molar-refractivity contribution in [1.82, 2.24) is 15.5 Å². The van der Waals surface area contributed by atoms with Crippen molar-refractivity contribution in [2.24, 2.45) is 0 Å². The molecule has 1 saturated heterocycles. The number of hydrogen-bond acceptors (Lipinski definition) is 6. The van der Waals surface area contributed by atoms with Crippen molar-refractivity contribution in [2.45, 2.75) is 37.5 Å². The fraction of sp³-hybridized carbons (Fsp3) is 0.438. The molecule has 1 atom stereocenters. The van der Waals surface area contributed by atoms with Gasteiger partial charge in [-0.3, -0.25) is 0 Å². The van der Waals surface area contributed by atoms with Crippen molar-refractivity contribution in [3.05, 3.63) is 29.8 Å². The minimum absolute atomic E-state index is 0.112. The van der Waals surface area contributed by atoms with Gasteiger partial charge in [0.05, 0.1) is 6.54 Å². The summed E-state index contributed by atoms with van der Waals surface area (Å²) in [6.45, 7) is 7.04. The summed E-state index contributed by atoms with van der Waals surface area (Å²) in [5, 5.41) is 11.2. The molecule has 1 aliphatic rings. The third-order valence-corrected chi connectivity index (χ3v) is 4.50. The van der Waals surface area contributed by atoms with Gasteiger partial charge in [0.1, 0.15) is 6.10 Å². The fourth-order valence-corrected chi connectivity index (χ4v) is 2.94. The SMILES string of the molecule is CC(C)(C)c1ccc(-c2nnc(SC[C@H]3CNC(=O)O3)o2)cc1. The lowest BCUT2D eigenvalue weighted by atomic mass is 9.87. The van der Waals surface area contributed by atoms with Crippen LogP contribution in [0.1, 0.15) is 26.3 Å². The molecule has 122 valence electrons. The number of carbonyl (C=O) groups excluding carboxylic acids is 1. The van der Waals surface area contributed by atoms with E-state index in [1.807, 2.05) is 12.1 Å². The molecule has 2 heterocycles. The van der Waals surface area contributed by atoms with E-state index >= 15 is 0 Å². The minimum Gasteiger partial charge on any atom is -0.443 e. The van der Waals surface area contributed by atoms with Crippen LogP contribution in [-0.2, 0) is 10.2 Å². The number of rotatable bonds is 4. The standard InChI is InChI=1S/C16H19N3O3S/c1-16(2,3)11-6-4-10(5-7-11)13-18-19-15(22-13)23-9-12-8-17-14(20)21-12/h4-7,12H,8-9H2,1-3H3,(H,17,20)/t12-/m1/s1. The number of ether oxygens (including phenoxy) is 1. The Bertz CT molecular complexity index is 691. The predicted octanol–water partition coefficient (Wildman–Crippen LogP) is 3.23. The first-order chi connectivity index (χ1) is 10.9. The molecule has 3 rings (SSSR count). The summed E-state index contributed by atoms with van der Waals surface area (Å²) in [6.07, 6.45) is -0.533. The Morgan fingerprint density at radius 3 is 2.61 bits per heavy atom. The van der Waals surface area contributed by atoms with E-state index in [0.29, 0.717) is 23.4 Å². The first-order valence-electron chi connectivity index (χ1n) is 7.43. The van der Waals surface area contributed by atoms with Crippen LogP contribution in [0.15, 0.2) is 33.9 Å². The van der Waals surface area contributed by atoms with E-state index in [1.54, 1.807) is 0 Å². The van der Waals surface area contributed by atoms with Crippen LogP contribution in [0, 0.1) is 0 Å². The molecule has 1 N–H and O–H groups in total. The second-order valence-corrected chi connectivity index (χ2v) is 7.39. The van der Waals surface area contributed by atoms with E-state index in [9.17, 15) is 4.79 Å². The number of nitrogens with zero attached hydrogens (tertiary/aromatic N) is 2. The first kappa shape index (κ1) is 15.9. The maximum Gasteiger partial charge on any atom is 0.407 e. The zero-order valence-electron chi connectivity index (χ0n) is 13.3. The summed E-state index contributed by atoms with van der Waals surface area (Å²) >= 11 is 1.39. The lowest BCUT2D eigenvalue weighted by Crippen LogP contribution is -2.16. The van der Waals surface area contributed by atoms with Crippen LogP contribution < -0.4 is 5.32 Å². The average Bonchev–Trinajstić information content (AvgIpc) is 3.13. The van der Waals surface area contributed by atoms with Gasteiger partial charge in [-0.25, -0.2) is 4.79 Å². The molecular formula is C16H19N3O3S. The third-order valence-electron chi connectivity index (χ3n) is 3.54. The number of amides is 1. The molecule has 1 aromatic heterocycles. The molecule has 2 aromatic rings. The summed E-state index contributed by atoms with van der Waals surface area (Å²) in [5.74, 6) is 1.08. The molecule has 0 bridgehead atoms. The van der Waals surface area contributed by atoms with Gasteiger partial charge in [-0.05, 0) is 23.1 Å². The number of alkyl carbamates (subject to hydrolysis) is 1. The van der Waals surface area contributed by atoms with Crippen LogP contribution in [-0.4, -0.2) is 34.7 Å². The Balaban J connectivity index is 1.63. The molecule has 1 aromatic carbocycles. The normalized spacial score (nSPS) is 17.9. The Kier molecular flexibility index (Phi) is 4.30. The zero-order chi connectivity index (χ0) is 16.4. The lowest BCUT2D eigenvalue weighted by molar-refractivity contribution is 0.150. The van der Waals surface area contributed by atoms with Gasteiger partial charge in [-0.2, -0.15) is 0 Å². The minimum atomic E-state index is -0.374. The van der Waals surface area contributed by atoms with Gasteiger partial charge in [0.2, 0.25) is 5.89 Å². The molecule has 23 heavy (non-hydrogen) atoms. The summed E-state index contributed by atoms with van der Waals surface area (Å²) < 4.78 is 10.7. The number of carbonyl (C=O) groups is 1. The van der Waals surface area contributed by atoms with Gasteiger partial charge < -0.3 is 14.5 Å². The maximum atomic E-state index is 11.0. The molecule has 0 saturated carbocycles. The quantitative estimate of drug-likeness (QED) is 0.866. The van der Waals surface area contributed by atoms with E-state index < -0.39 is 0 Å². The number of nitrogens with one attached hydrogen (secondary N) is 1. The molecule has 0 aliphatic carbocycles. The van der Waals surface area contributed by atoms with E-state index in [4.69, 9.17) is 9.15 Å². The van der Waals surface area contributed by atoms with E-state index in [2.05, 4.69) is 48.4 Å². The van der Waals surface area contributed by atoms with Crippen molar-refractivity contribution >= 4 is 17.9 Å². The van der Waals surface area contributed by atoms with Gasteiger partial charge in [0.25, 0.3) is 5.22 Å². The molecule has 1 amide bonds. The highest BCUT2D eigenvalue weighted by atomic mass is 32.2. The van der Waals surface area contributed by atoms with E-state index in [-0.39, 0.29) is 17.6 Å². The lowest BCUT2D eigenvalue weighted by Gasteiger charge is -2.18. The molecule has 0 unspecified atom stereocenters. The average molecular weight is 333 g/mol. The van der Waals surface area contributed by atoms with Crippen molar-refractivity contribution in [2.75, 3.05) is 12.3 Å². The fourth-order valence-electron chi connectivity index (χ4n) is 2.19. The van der Waals surface area contributed by atoms with Crippen LogP contribution in [0.25, 0.3) is 11.5 Å². The number of cyclic esters (lactones) is 1. The number of thioether (sulfide) groups is 1. The highest BCUT2D eigenvalue weighted by molar-refractivity contribution is 7.99. The first-order valence-corrected chi connectivity index (χ1v) is 8.42. The maximum absolute atomic E-state index is 11.0. The molecule has 6 nitrogen and oxygen atoms in total. The van der Waals surface area contributed by atoms with Crippen molar-refractivity contribution in [3.8, 4) is 11.5 Å². The van der Waals surface area contributed by atoms with Gasteiger partial charge in [0.15, 0.2) is 0 Å². The van der Waals surface area contributed by atoms with Crippen molar-refractivity contribution in [1.29, 1.82) is 0 Å². The topological polar surface area (TPSA) is 77.2 Å². The van der Waals surface area contributed by atoms with Gasteiger partial charge >= 0.3 is 6.09 Å². The van der Waals surface area contributed by atoms with Crippen LogP contribution in [0.4, 0.5) is 4.79 Å². The molecule has 1 fully saturated rings. The Hall–Kier alpha value is -2.02. The molecule has 1 aliphatic heterocycles. The molecule has 0 spiro atoms. The van der Waals surface area contributed by atoms with Crippen LogP contribution in [0.5, 0.6) is 0 Å². The third kappa shape index (κ3) is 3.85. The second-order valence-electron chi connectivity index (χ2n) is 6.42. The van der Waals surface area contributed by atoms with Crippen LogP contribution in [0.2, 0.25) is 0 Å². The van der Waals surface area contributed by atoms with Crippen LogP contribution >= 0.6 is 11.8 Å². The van der Waals surface area contributed by atoms with Gasteiger partial charge in [-0.15, -0.1) is 10.2 Å². The van der Waals surface area contributed by atoms with Gasteiger partial charge in [0, 0.05) is 11.3 Å². The second kappa shape index (κ2) is 6.23. The Labute approximate surface area is 139 Å². The summed E-state index contributed by atoms with van der Waals surface area (Å²) in [4.78, 5) is 11.0. The molecular weight excluding hydrogens is 314 g/mol. The summed E-state index contributed by atoms with van der Waals surface area (Å²) in [5.41, 5.74) is 2.26. The van der Waals surface area contributed by atoms with Crippen LogP contribution in [0.3, 0.4) is 0 Å². The molecule has 0 radical (unpaired) electrons.